The van der Waals surface area contributed by atoms with Gasteiger partial charge in [-0.1, -0.05) is 44.2 Å². The molecule has 1 N–H and O–H groups in total. The number of piperazine rings is 1. The van der Waals surface area contributed by atoms with E-state index in [1.165, 1.54) is 0 Å². The average Bonchev–Trinajstić information content (AvgIpc) is 2.51. The third-order valence-electron chi connectivity index (χ3n) is 4.63. The second-order valence-corrected chi connectivity index (χ2v) is 5.91. The van der Waals surface area contributed by atoms with Crippen LogP contribution in [0.1, 0.15) is 52.1 Å². The minimum atomic E-state index is -0.766. The van der Waals surface area contributed by atoms with Crippen molar-refractivity contribution in [2.45, 2.75) is 58.2 Å². The SMILES string of the molecule is CCC(C)N1C(=O)C(c2ccccc2)NC(=O)C1(C)CC. The number of rotatable bonds is 4. The van der Waals surface area contributed by atoms with Gasteiger partial charge in [0.2, 0.25) is 5.91 Å². The number of benzene rings is 1. The molecule has 2 rings (SSSR count). The molecule has 2 amide bonds. The number of carbonyl (C=O) groups is 2. The van der Waals surface area contributed by atoms with E-state index in [9.17, 15) is 9.59 Å². The molecule has 1 aromatic carbocycles. The van der Waals surface area contributed by atoms with Crippen molar-refractivity contribution in [3.63, 3.8) is 0 Å². The van der Waals surface area contributed by atoms with E-state index >= 15 is 0 Å². The Kier molecular flexibility index (Phi) is 4.35. The minimum absolute atomic E-state index is 0.0144. The molecule has 0 aliphatic carbocycles. The molecule has 0 bridgehead atoms. The van der Waals surface area contributed by atoms with Crippen LogP contribution in [-0.2, 0) is 9.59 Å². The van der Waals surface area contributed by atoms with Gasteiger partial charge < -0.3 is 10.2 Å². The van der Waals surface area contributed by atoms with Crippen molar-refractivity contribution in [1.82, 2.24) is 10.2 Å². The molecule has 114 valence electrons. The van der Waals surface area contributed by atoms with Gasteiger partial charge >= 0.3 is 0 Å². The second-order valence-electron chi connectivity index (χ2n) is 5.91. The molecule has 4 nitrogen and oxygen atoms in total. The summed E-state index contributed by atoms with van der Waals surface area (Å²) < 4.78 is 0. The van der Waals surface area contributed by atoms with Gasteiger partial charge in [-0.2, -0.15) is 0 Å². The summed E-state index contributed by atoms with van der Waals surface area (Å²) in [5.41, 5.74) is 0.0694. The fraction of sp³-hybridized carbons (Fsp3) is 0.529. The van der Waals surface area contributed by atoms with E-state index in [0.717, 1.165) is 12.0 Å². The van der Waals surface area contributed by atoms with E-state index in [-0.39, 0.29) is 17.9 Å². The van der Waals surface area contributed by atoms with Crippen LogP contribution in [0.4, 0.5) is 0 Å². The summed E-state index contributed by atoms with van der Waals surface area (Å²) in [4.78, 5) is 27.3. The zero-order chi connectivity index (χ0) is 15.6. The Labute approximate surface area is 126 Å². The number of amides is 2. The normalized spacial score (nSPS) is 27.4. The van der Waals surface area contributed by atoms with Gasteiger partial charge in [0, 0.05) is 6.04 Å². The summed E-state index contributed by atoms with van der Waals surface area (Å²) in [6.07, 6.45) is 1.44. The second kappa shape index (κ2) is 5.88. The van der Waals surface area contributed by atoms with E-state index in [2.05, 4.69) is 5.32 Å². The predicted octanol–water partition coefficient (Wildman–Crippen LogP) is 2.65. The number of nitrogens with zero attached hydrogens (tertiary/aromatic N) is 1. The molecule has 1 aliphatic heterocycles. The largest absolute Gasteiger partial charge is 0.338 e. The van der Waals surface area contributed by atoms with Crippen LogP contribution < -0.4 is 5.32 Å². The summed E-state index contributed by atoms with van der Waals surface area (Å²) in [5.74, 6) is -0.0850. The Hall–Kier alpha value is -1.84. The highest BCUT2D eigenvalue weighted by atomic mass is 16.2. The first-order valence-electron chi connectivity index (χ1n) is 7.64. The molecule has 1 aromatic rings. The third-order valence-corrected chi connectivity index (χ3v) is 4.63. The molecule has 1 aliphatic rings. The number of hydrogen-bond donors (Lipinski definition) is 1. The molecule has 0 saturated carbocycles. The number of hydrogen-bond acceptors (Lipinski definition) is 2. The van der Waals surface area contributed by atoms with Crippen LogP contribution in [0.15, 0.2) is 30.3 Å². The fourth-order valence-corrected chi connectivity index (χ4v) is 2.93. The van der Waals surface area contributed by atoms with Crippen molar-refractivity contribution in [3.8, 4) is 0 Å². The van der Waals surface area contributed by atoms with Gasteiger partial charge in [0.1, 0.15) is 11.6 Å². The summed E-state index contributed by atoms with van der Waals surface area (Å²) in [6.45, 7) is 7.85. The van der Waals surface area contributed by atoms with Crippen LogP contribution in [0.2, 0.25) is 0 Å². The van der Waals surface area contributed by atoms with Crippen LogP contribution >= 0.6 is 0 Å². The van der Waals surface area contributed by atoms with Crippen LogP contribution in [0, 0.1) is 0 Å². The molecule has 0 spiro atoms. The van der Waals surface area contributed by atoms with Crippen LogP contribution in [0.25, 0.3) is 0 Å². The topological polar surface area (TPSA) is 49.4 Å². The predicted molar refractivity (Wildman–Crippen MR) is 82.6 cm³/mol. The Morgan fingerprint density at radius 2 is 1.86 bits per heavy atom. The first kappa shape index (κ1) is 15.5. The number of carbonyl (C=O) groups excluding carboxylic acids is 2. The molecule has 1 heterocycles. The molecular formula is C17H24N2O2. The quantitative estimate of drug-likeness (QED) is 0.926. The highest BCUT2D eigenvalue weighted by Crippen LogP contribution is 2.33. The zero-order valence-corrected chi connectivity index (χ0v) is 13.2. The van der Waals surface area contributed by atoms with Crippen molar-refractivity contribution >= 4 is 11.8 Å². The molecule has 1 fully saturated rings. The van der Waals surface area contributed by atoms with Gasteiger partial charge in [0.05, 0.1) is 0 Å². The molecular weight excluding hydrogens is 264 g/mol. The zero-order valence-electron chi connectivity index (χ0n) is 13.2. The van der Waals surface area contributed by atoms with E-state index < -0.39 is 11.6 Å². The minimum Gasteiger partial charge on any atom is -0.338 e. The average molecular weight is 288 g/mol. The smallest absolute Gasteiger partial charge is 0.250 e. The molecule has 0 aromatic heterocycles. The molecule has 21 heavy (non-hydrogen) atoms. The fourth-order valence-electron chi connectivity index (χ4n) is 2.93. The first-order chi connectivity index (χ1) is 9.95. The summed E-state index contributed by atoms with van der Waals surface area (Å²) in [7, 11) is 0. The maximum Gasteiger partial charge on any atom is 0.250 e. The van der Waals surface area contributed by atoms with Crippen molar-refractivity contribution in [2.24, 2.45) is 0 Å². The Balaban J connectivity index is 2.43. The van der Waals surface area contributed by atoms with Crippen molar-refractivity contribution < 1.29 is 9.59 Å². The maximum absolute atomic E-state index is 13.0. The van der Waals surface area contributed by atoms with Gasteiger partial charge in [-0.25, -0.2) is 0 Å². The van der Waals surface area contributed by atoms with E-state index in [1.807, 2.05) is 58.0 Å². The lowest BCUT2D eigenvalue weighted by Crippen LogP contribution is -2.68. The van der Waals surface area contributed by atoms with E-state index in [1.54, 1.807) is 4.90 Å². The van der Waals surface area contributed by atoms with E-state index in [4.69, 9.17) is 0 Å². The molecule has 1 saturated heterocycles. The standard InChI is InChI=1S/C17H24N2O2/c1-5-12(3)19-15(20)14(13-10-8-7-9-11-13)18-16(21)17(19,4)6-2/h7-12,14H,5-6H2,1-4H3,(H,18,21). The summed E-state index contributed by atoms with van der Waals surface area (Å²) in [6, 6.07) is 8.90. The third kappa shape index (κ3) is 2.55. The van der Waals surface area contributed by atoms with E-state index in [0.29, 0.717) is 6.42 Å². The van der Waals surface area contributed by atoms with Crippen molar-refractivity contribution in [2.75, 3.05) is 0 Å². The Morgan fingerprint density at radius 3 is 2.38 bits per heavy atom. The Bertz CT molecular complexity index is 529. The Morgan fingerprint density at radius 1 is 1.24 bits per heavy atom. The molecule has 4 heteroatoms. The van der Waals surface area contributed by atoms with Crippen molar-refractivity contribution in [1.29, 1.82) is 0 Å². The lowest BCUT2D eigenvalue weighted by molar-refractivity contribution is -0.160. The van der Waals surface area contributed by atoms with Gasteiger partial charge in [0.25, 0.3) is 5.91 Å². The van der Waals surface area contributed by atoms with Crippen molar-refractivity contribution in [3.05, 3.63) is 35.9 Å². The lowest BCUT2D eigenvalue weighted by Gasteiger charge is -2.48. The van der Waals surface area contributed by atoms with Gasteiger partial charge in [-0.05, 0) is 32.3 Å². The van der Waals surface area contributed by atoms with Crippen LogP contribution in [0.3, 0.4) is 0 Å². The summed E-state index contributed by atoms with van der Waals surface area (Å²) >= 11 is 0. The maximum atomic E-state index is 13.0. The molecule has 3 unspecified atom stereocenters. The van der Waals surface area contributed by atoms with Crippen LogP contribution in [0.5, 0.6) is 0 Å². The monoisotopic (exact) mass is 288 g/mol. The summed E-state index contributed by atoms with van der Waals surface area (Å²) in [5, 5.41) is 2.90. The van der Waals surface area contributed by atoms with Gasteiger partial charge in [-0.15, -0.1) is 0 Å². The van der Waals surface area contributed by atoms with Gasteiger partial charge in [0.15, 0.2) is 0 Å². The number of nitrogens with one attached hydrogen (secondary N) is 1. The molecule has 3 atom stereocenters. The van der Waals surface area contributed by atoms with Crippen LogP contribution in [-0.4, -0.2) is 28.3 Å². The first-order valence-corrected chi connectivity index (χ1v) is 7.64. The highest BCUT2D eigenvalue weighted by molar-refractivity contribution is 6.00. The lowest BCUT2D eigenvalue weighted by atomic mass is 9.87. The van der Waals surface area contributed by atoms with Gasteiger partial charge in [-0.3, -0.25) is 9.59 Å². The highest BCUT2D eigenvalue weighted by Gasteiger charge is 2.49. The molecule has 0 radical (unpaired) electrons.